The molecule has 7 heteroatoms. The summed E-state index contributed by atoms with van der Waals surface area (Å²) in [6.07, 6.45) is 2.32. The SMILES string of the molecule is COc1ccc(CN2CCC(CNC(=O)CC(NC(C)=O)c3ccc(Cl)cc3)CC2)cc1. The number of hydrogen-bond acceptors (Lipinski definition) is 4. The van der Waals surface area contributed by atoms with Crippen molar-refractivity contribution < 1.29 is 14.3 Å². The quantitative estimate of drug-likeness (QED) is 0.598. The molecule has 0 aromatic heterocycles. The number of carbonyl (C=O) groups is 2. The number of benzene rings is 2. The van der Waals surface area contributed by atoms with Crippen molar-refractivity contribution in [3.63, 3.8) is 0 Å². The first kappa shape index (κ1) is 24.1. The number of piperidine rings is 1. The number of halogens is 1. The Morgan fingerprint density at radius 1 is 1.09 bits per heavy atom. The lowest BCUT2D eigenvalue weighted by Gasteiger charge is -2.32. The summed E-state index contributed by atoms with van der Waals surface area (Å²) in [6.45, 7) is 5.10. The Kier molecular flexibility index (Phi) is 8.94. The lowest BCUT2D eigenvalue weighted by atomic mass is 9.96. The summed E-state index contributed by atoms with van der Waals surface area (Å²) in [7, 11) is 1.68. The molecule has 1 fully saturated rings. The van der Waals surface area contributed by atoms with Crippen LogP contribution in [0.5, 0.6) is 5.75 Å². The fourth-order valence-electron chi connectivity index (χ4n) is 4.05. The van der Waals surface area contributed by atoms with Crippen molar-refractivity contribution >= 4 is 23.4 Å². The van der Waals surface area contributed by atoms with E-state index in [-0.39, 0.29) is 24.3 Å². The van der Waals surface area contributed by atoms with Gasteiger partial charge in [-0.2, -0.15) is 0 Å². The topological polar surface area (TPSA) is 70.7 Å². The van der Waals surface area contributed by atoms with E-state index in [2.05, 4.69) is 27.7 Å². The molecule has 32 heavy (non-hydrogen) atoms. The van der Waals surface area contributed by atoms with E-state index < -0.39 is 0 Å². The van der Waals surface area contributed by atoms with Gasteiger partial charge in [0, 0.05) is 25.0 Å². The number of likely N-dealkylation sites (tertiary alicyclic amines) is 1. The molecule has 1 atom stereocenters. The van der Waals surface area contributed by atoms with Crippen LogP contribution >= 0.6 is 11.6 Å². The molecule has 1 heterocycles. The highest BCUT2D eigenvalue weighted by molar-refractivity contribution is 6.30. The average molecular weight is 458 g/mol. The van der Waals surface area contributed by atoms with Gasteiger partial charge in [0.05, 0.1) is 19.6 Å². The Morgan fingerprint density at radius 2 is 1.75 bits per heavy atom. The van der Waals surface area contributed by atoms with Gasteiger partial charge in [0.25, 0.3) is 0 Å². The maximum Gasteiger partial charge on any atom is 0.222 e. The highest BCUT2D eigenvalue weighted by Gasteiger charge is 2.21. The van der Waals surface area contributed by atoms with Crippen molar-refractivity contribution in [3.8, 4) is 5.75 Å². The van der Waals surface area contributed by atoms with Gasteiger partial charge in [-0.25, -0.2) is 0 Å². The number of hydrogen-bond donors (Lipinski definition) is 2. The molecule has 3 rings (SSSR count). The zero-order valence-electron chi connectivity index (χ0n) is 18.8. The van der Waals surface area contributed by atoms with Crippen molar-refractivity contribution in [2.24, 2.45) is 5.92 Å². The van der Waals surface area contributed by atoms with Gasteiger partial charge in [0.15, 0.2) is 0 Å². The van der Waals surface area contributed by atoms with Crippen LogP contribution in [0.3, 0.4) is 0 Å². The van der Waals surface area contributed by atoms with Gasteiger partial charge in [-0.15, -0.1) is 0 Å². The van der Waals surface area contributed by atoms with Crippen molar-refractivity contribution in [1.29, 1.82) is 0 Å². The monoisotopic (exact) mass is 457 g/mol. The summed E-state index contributed by atoms with van der Waals surface area (Å²) in [5.41, 5.74) is 2.15. The first-order valence-electron chi connectivity index (χ1n) is 11.1. The van der Waals surface area contributed by atoms with E-state index in [9.17, 15) is 9.59 Å². The highest BCUT2D eigenvalue weighted by Crippen LogP contribution is 2.21. The molecule has 2 aromatic carbocycles. The molecule has 172 valence electrons. The lowest BCUT2D eigenvalue weighted by Crippen LogP contribution is -2.39. The number of nitrogens with zero attached hydrogens (tertiary/aromatic N) is 1. The van der Waals surface area contributed by atoms with E-state index in [1.165, 1.54) is 12.5 Å². The molecule has 1 aliphatic rings. The molecule has 0 aliphatic carbocycles. The van der Waals surface area contributed by atoms with Crippen LogP contribution in [0.1, 0.15) is 43.4 Å². The Balaban J connectivity index is 1.42. The molecular formula is C25H32ClN3O3. The van der Waals surface area contributed by atoms with Crippen LogP contribution in [0.15, 0.2) is 48.5 Å². The predicted molar refractivity (Wildman–Crippen MR) is 127 cm³/mol. The van der Waals surface area contributed by atoms with Gasteiger partial charge in [-0.05, 0) is 67.2 Å². The third kappa shape index (κ3) is 7.53. The number of nitrogens with one attached hydrogen (secondary N) is 2. The minimum Gasteiger partial charge on any atom is -0.497 e. The molecule has 1 unspecified atom stereocenters. The average Bonchev–Trinajstić information content (AvgIpc) is 2.79. The van der Waals surface area contributed by atoms with E-state index >= 15 is 0 Å². The first-order valence-corrected chi connectivity index (χ1v) is 11.4. The summed E-state index contributed by atoms with van der Waals surface area (Å²) < 4.78 is 5.22. The van der Waals surface area contributed by atoms with Crippen LogP contribution < -0.4 is 15.4 Å². The lowest BCUT2D eigenvalue weighted by molar-refractivity contribution is -0.123. The van der Waals surface area contributed by atoms with Gasteiger partial charge >= 0.3 is 0 Å². The zero-order valence-corrected chi connectivity index (χ0v) is 19.5. The maximum atomic E-state index is 12.6. The van der Waals surface area contributed by atoms with E-state index in [0.29, 0.717) is 17.5 Å². The fraction of sp³-hybridized carbons (Fsp3) is 0.440. The molecule has 1 saturated heterocycles. The number of methoxy groups -OCH3 is 1. The fourth-order valence-corrected chi connectivity index (χ4v) is 4.17. The Morgan fingerprint density at radius 3 is 2.34 bits per heavy atom. The second kappa shape index (κ2) is 11.9. The van der Waals surface area contributed by atoms with Crippen molar-refractivity contribution in [2.75, 3.05) is 26.7 Å². The first-order chi connectivity index (χ1) is 15.4. The van der Waals surface area contributed by atoms with Crippen molar-refractivity contribution in [2.45, 2.75) is 38.8 Å². The van der Waals surface area contributed by atoms with E-state index in [1.807, 2.05) is 24.3 Å². The number of carbonyl (C=O) groups excluding carboxylic acids is 2. The summed E-state index contributed by atoms with van der Waals surface area (Å²) in [5, 5.41) is 6.55. The van der Waals surface area contributed by atoms with Gasteiger partial charge in [0.1, 0.15) is 5.75 Å². The molecule has 2 N–H and O–H groups in total. The summed E-state index contributed by atoms with van der Waals surface area (Å²) >= 11 is 5.96. The third-order valence-electron chi connectivity index (χ3n) is 5.90. The molecule has 0 saturated carbocycles. The van der Waals surface area contributed by atoms with Gasteiger partial charge < -0.3 is 15.4 Å². The van der Waals surface area contributed by atoms with Crippen LogP contribution in [0.25, 0.3) is 0 Å². The second-order valence-corrected chi connectivity index (χ2v) is 8.82. The van der Waals surface area contributed by atoms with Crippen LogP contribution in [-0.4, -0.2) is 43.5 Å². The Bertz CT molecular complexity index is 878. The molecule has 2 amide bonds. The third-order valence-corrected chi connectivity index (χ3v) is 6.15. The zero-order chi connectivity index (χ0) is 22.9. The Hall–Kier alpha value is -2.57. The summed E-state index contributed by atoms with van der Waals surface area (Å²) in [6, 6.07) is 15.1. The molecule has 0 spiro atoms. The molecular weight excluding hydrogens is 426 g/mol. The summed E-state index contributed by atoms with van der Waals surface area (Å²) in [5.74, 6) is 1.13. The minimum atomic E-state index is -0.365. The van der Waals surface area contributed by atoms with Gasteiger partial charge in [-0.3, -0.25) is 14.5 Å². The molecule has 0 radical (unpaired) electrons. The van der Waals surface area contributed by atoms with E-state index in [0.717, 1.165) is 43.8 Å². The van der Waals surface area contributed by atoms with Crippen LogP contribution in [0.4, 0.5) is 0 Å². The number of amides is 2. The molecule has 0 bridgehead atoms. The van der Waals surface area contributed by atoms with Crippen molar-refractivity contribution in [1.82, 2.24) is 15.5 Å². The van der Waals surface area contributed by atoms with Crippen LogP contribution in [-0.2, 0) is 16.1 Å². The van der Waals surface area contributed by atoms with E-state index in [1.54, 1.807) is 19.2 Å². The maximum absolute atomic E-state index is 12.6. The van der Waals surface area contributed by atoms with Crippen LogP contribution in [0, 0.1) is 5.92 Å². The predicted octanol–water partition coefficient (Wildman–Crippen LogP) is 3.94. The smallest absolute Gasteiger partial charge is 0.222 e. The summed E-state index contributed by atoms with van der Waals surface area (Å²) in [4.78, 5) is 26.6. The molecule has 6 nitrogen and oxygen atoms in total. The minimum absolute atomic E-state index is 0.0561. The Labute approximate surface area is 195 Å². The standard InChI is InChI=1S/C25H32ClN3O3/c1-18(30)28-24(21-5-7-22(26)8-6-21)15-25(31)27-16-19-11-13-29(14-12-19)17-20-3-9-23(32-2)10-4-20/h3-10,19,24H,11-17H2,1-2H3,(H,27,31)(H,28,30). The number of ether oxygens (including phenoxy) is 1. The number of rotatable bonds is 9. The second-order valence-electron chi connectivity index (χ2n) is 8.38. The normalized spacial score (nSPS) is 15.7. The highest BCUT2D eigenvalue weighted by atomic mass is 35.5. The van der Waals surface area contributed by atoms with Crippen molar-refractivity contribution in [3.05, 3.63) is 64.7 Å². The van der Waals surface area contributed by atoms with Crippen LogP contribution in [0.2, 0.25) is 5.02 Å². The molecule has 2 aromatic rings. The van der Waals surface area contributed by atoms with Gasteiger partial charge in [0.2, 0.25) is 11.8 Å². The molecule has 1 aliphatic heterocycles. The largest absolute Gasteiger partial charge is 0.497 e. The van der Waals surface area contributed by atoms with Gasteiger partial charge in [-0.1, -0.05) is 35.9 Å². The van der Waals surface area contributed by atoms with E-state index in [4.69, 9.17) is 16.3 Å².